The largest absolute Gasteiger partial charge is 0.355 e. The van der Waals surface area contributed by atoms with Crippen molar-refractivity contribution in [2.24, 2.45) is 0 Å². The lowest BCUT2D eigenvalue weighted by atomic mass is 10.4. The van der Waals surface area contributed by atoms with Crippen molar-refractivity contribution < 1.29 is 9.47 Å². The Balaban J connectivity index is 1.97. The molecule has 1 N–H and O–H groups in total. The van der Waals surface area contributed by atoms with Gasteiger partial charge in [0.2, 0.25) is 0 Å². The smallest absolute Gasteiger partial charge is 0.169 e. The molecule has 0 bridgehead atoms. The van der Waals surface area contributed by atoms with Crippen LogP contribution in [0.15, 0.2) is 18.5 Å². The molecule has 0 saturated heterocycles. The summed E-state index contributed by atoms with van der Waals surface area (Å²) in [4.78, 5) is 0. The third-order valence-electron chi connectivity index (χ3n) is 2.14. The maximum Gasteiger partial charge on any atom is 0.169 e. The summed E-state index contributed by atoms with van der Waals surface area (Å²) < 4.78 is 12.0. The minimum Gasteiger partial charge on any atom is -0.355 e. The number of nitrogens with one attached hydrogen (secondary N) is 1. The highest BCUT2D eigenvalue weighted by atomic mass is 16.7. The highest BCUT2D eigenvalue weighted by Gasteiger charge is 2.02. The zero-order chi connectivity index (χ0) is 10.9. The Hall–Kier alpha value is -0.910. The van der Waals surface area contributed by atoms with Crippen molar-refractivity contribution in [1.29, 1.82) is 0 Å². The molecule has 0 atom stereocenters. The number of nitrogens with zero attached hydrogens (tertiary/aromatic N) is 2. The van der Waals surface area contributed by atoms with Gasteiger partial charge in [-0.25, -0.2) is 0 Å². The molecule has 0 amide bonds. The molecule has 1 aromatic heterocycles. The van der Waals surface area contributed by atoms with Crippen LogP contribution in [-0.2, 0) is 16.0 Å². The van der Waals surface area contributed by atoms with E-state index in [1.54, 1.807) is 20.4 Å². The van der Waals surface area contributed by atoms with Gasteiger partial charge in [0.1, 0.15) is 0 Å². The molecule has 0 saturated carbocycles. The molecule has 5 nitrogen and oxygen atoms in total. The minimum atomic E-state index is -0.158. The van der Waals surface area contributed by atoms with Crippen LogP contribution in [-0.4, -0.2) is 43.4 Å². The van der Waals surface area contributed by atoms with E-state index in [-0.39, 0.29) is 6.29 Å². The van der Waals surface area contributed by atoms with Gasteiger partial charge in [-0.2, -0.15) is 5.10 Å². The van der Waals surface area contributed by atoms with E-state index in [0.29, 0.717) is 6.54 Å². The molecular weight excluding hydrogens is 194 g/mol. The predicted octanol–water partition coefficient (Wildman–Crippen LogP) is 0.482. The van der Waals surface area contributed by atoms with Crippen molar-refractivity contribution in [1.82, 2.24) is 15.1 Å². The number of aromatic nitrogens is 2. The van der Waals surface area contributed by atoms with E-state index in [0.717, 1.165) is 19.5 Å². The highest BCUT2D eigenvalue weighted by Crippen LogP contribution is 1.90. The minimum absolute atomic E-state index is 0.158. The molecule has 0 aromatic carbocycles. The molecule has 0 spiro atoms. The first kappa shape index (κ1) is 12.2. The average molecular weight is 213 g/mol. The van der Waals surface area contributed by atoms with Crippen molar-refractivity contribution >= 4 is 0 Å². The number of rotatable bonds is 8. The van der Waals surface area contributed by atoms with Crippen molar-refractivity contribution in [3.63, 3.8) is 0 Å². The van der Waals surface area contributed by atoms with Gasteiger partial charge in [-0.1, -0.05) is 0 Å². The molecule has 86 valence electrons. The summed E-state index contributed by atoms with van der Waals surface area (Å²) in [5, 5.41) is 7.38. The van der Waals surface area contributed by atoms with E-state index in [2.05, 4.69) is 10.4 Å². The van der Waals surface area contributed by atoms with Gasteiger partial charge in [0.15, 0.2) is 6.29 Å². The van der Waals surface area contributed by atoms with E-state index >= 15 is 0 Å². The van der Waals surface area contributed by atoms with Crippen molar-refractivity contribution in [2.75, 3.05) is 27.3 Å². The second-order valence-corrected chi connectivity index (χ2v) is 3.23. The van der Waals surface area contributed by atoms with Crippen molar-refractivity contribution in [3.8, 4) is 0 Å². The molecule has 0 fully saturated rings. The zero-order valence-corrected chi connectivity index (χ0v) is 9.35. The van der Waals surface area contributed by atoms with Crippen LogP contribution in [0.5, 0.6) is 0 Å². The molecule has 0 radical (unpaired) electrons. The van der Waals surface area contributed by atoms with Crippen LogP contribution in [0.2, 0.25) is 0 Å². The first-order valence-electron chi connectivity index (χ1n) is 5.10. The Morgan fingerprint density at radius 3 is 2.80 bits per heavy atom. The summed E-state index contributed by atoms with van der Waals surface area (Å²) in [6.07, 6.45) is 4.64. The first-order chi connectivity index (χ1) is 7.36. The summed E-state index contributed by atoms with van der Waals surface area (Å²) in [7, 11) is 3.28. The topological polar surface area (TPSA) is 48.3 Å². The Morgan fingerprint density at radius 2 is 2.20 bits per heavy atom. The van der Waals surface area contributed by atoms with Gasteiger partial charge in [-0.3, -0.25) is 4.68 Å². The summed E-state index contributed by atoms with van der Waals surface area (Å²) in [6, 6.07) is 1.93. The summed E-state index contributed by atoms with van der Waals surface area (Å²) in [5.74, 6) is 0. The molecule has 5 heteroatoms. The van der Waals surface area contributed by atoms with Gasteiger partial charge in [0.25, 0.3) is 0 Å². The van der Waals surface area contributed by atoms with Gasteiger partial charge in [0.05, 0.1) is 0 Å². The third kappa shape index (κ3) is 4.92. The number of hydrogen-bond donors (Lipinski definition) is 1. The molecule has 0 unspecified atom stereocenters. The standard InChI is InChI=1S/C10H19N3O2/c1-14-10(15-2)9-11-5-3-7-13-8-4-6-12-13/h4,6,8,10-11H,3,5,7,9H2,1-2H3. The maximum absolute atomic E-state index is 5.05. The highest BCUT2D eigenvalue weighted by molar-refractivity contribution is 4.77. The van der Waals surface area contributed by atoms with Crippen molar-refractivity contribution in [2.45, 2.75) is 19.3 Å². The fraction of sp³-hybridized carbons (Fsp3) is 0.700. The van der Waals surface area contributed by atoms with E-state index in [1.165, 1.54) is 0 Å². The second kappa shape index (κ2) is 7.39. The number of methoxy groups -OCH3 is 2. The Kier molecular flexibility index (Phi) is 5.99. The Labute approximate surface area is 90.4 Å². The molecule has 1 heterocycles. The normalized spacial score (nSPS) is 11.1. The van der Waals surface area contributed by atoms with E-state index in [9.17, 15) is 0 Å². The summed E-state index contributed by atoms with van der Waals surface area (Å²) in [6.45, 7) is 2.58. The lowest BCUT2D eigenvalue weighted by molar-refractivity contribution is -0.0986. The second-order valence-electron chi connectivity index (χ2n) is 3.23. The zero-order valence-electron chi connectivity index (χ0n) is 9.35. The first-order valence-corrected chi connectivity index (χ1v) is 5.10. The van der Waals surface area contributed by atoms with Crippen LogP contribution < -0.4 is 5.32 Å². The van der Waals surface area contributed by atoms with Gasteiger partial charge >= 0.3 is 0 Å². The fourth-order valence-corrected chi connectivity index (χ4v) is 1.28. The fourth-order valence-electron chi connectivity index (χ4n) is 1.28. The lowest BCUT2D eigenvalue weighted by Gasteiger charge is -2.13. The number of aryl methyl sites for hydroxylation is 1. The van der Waals surface area contributed by atoms with Crippen LogP contribution in [0.4, 0.5) is 0 Å². The lowest BCUT2D eigenvalue weighted by Crippen LogP contribution is -2.30. The quantitative estimate of drug-likeness (QED) is 0.504. The van der Waals surface area contributed by atoms with E-state index in [4.69, 9.17) is 9.47 Å². The summed E-state index contributed by atoms with van der Waals surface area (Å²) in [5.41, 5.74) is 0. The third-order valence-corrected chi connectivity index (χ3v) is 2.14. The monoisotopic (exact) mass is 213 g/mol. The van der Waals surface area contributed by atoms with Gasteiger partial charge in [0, 0.05) is 39.7 Å². The molecule has 0 aliphatic heterocycles. The predicted molar refractivity (Wildman–Crippen MR) is 57.5 cm³/mol. The summed E-state index contributed by atoms with van der Waals surface area (Å²) >= 11 is 0. The Bertz CT molecular complexity index is 235. The number of ether oxygens (including phenoxy) is 2. The van der Waals surface area contributed by atoms with Crippen LogP contribution in [0.1, 0.15) is 6.42 Å². The maximum atomic E-state index is 5.05. The van der Waals surface area contributed by atoms with Crippen LogP contribution >= 0.6 is 0 Å². The van der Waals surface area contributed by atoms with Crippen LogP contribution in [0.25, 0.3) is 0 Å². The van der Waals surface area contributed by atoms with Gasteiger partial charge < -0.3 is 14.8 Å². The van der Waals surface area contributed by atoms with E-state index < -0.39 is 0 Å². The molecule has 1 rings (SSSR count). The average Bonchev–Trinajstić information content (AvgIpc) is 2.76. The molecular formula is C10H19N3O2. The van der Waals surface area contributed by atoms with Gasteiger partial charge in [-0.15, -0.1) is 0 Å². The molecule has 0 aliphatic carbocycles. The van der Waals surface area contributed by atoms with Crippen LogP contribution in [0.3, 0.4) is 0 Å². The van der Waals surface area contributed by atoms with Crippen molar-refractivity contribution in [3.05, 3.63) is 18.5 Å². The molecule has 0 aliphatic rings. The molecule has 1 aromatic rings. The van der Waals surface area contributed by atoms with Gasteiger partial charge in [-0.05, 0) is 19.0 Å². The Morgan fingerprint density at radius 1 is 1.40 bits per heavy atom. The van der Waals surface area contributed by atoms with E-state index in [1.807, 2.05) is 16.9 Å². The SMILES string of the molecule is COC(CNCCCn1cccn1)OC. The van der Waals surface area contributed by atoms with Crippen LogP contribution in [0, 0.1) is 0 Å². The molecule has 15 heavy (non-hydrogen) atoms. The number of hydrogen-bond acceptors (Lipinski definition) is 4.